The van der Waals surface area contributed by atoms with Gasteiger partial charge in [0.2, 0.25) is 5.95 Å². The van der Waals surface area contributed by atoms with E-state index in [1.54, 1.807) is 24.3 Å². The molecule has 0 amide bonds. The number of anilines is 2. The molecule has 0 bridgehead atoms. The number of benzene rings is 2. The van der Waals surface area contributed by atoms with Gasteiger partial charge in [0.05, 0.1) is 19.3 Å². The van der Waals surface area contributed by atoms with Crippen molar-refractivity contribution in [1.29, 1.82) is 0 Å². The maximum Gasteiger partial charge on any atom is 0.355 e. The lowest BCUT2D eigenvalue weighted by Gasteiger charge is -2.19. The Kier molecular flexibility index (Phi) is 7.78. The van der Waals surface area contributed by atoms with Gasteiger partial charge in [-0.25, -0.2) is 18.5 Å². The van der Waals surface area contributed by atoms with Crippen LogP contribution in [0.25, 0.3) is 0 Å². The third-order valence-corrected chi connectivity index (χ3v) is 5.49. The van der Waals surface area contributed by atoms with Crippen LogP contribution in [-0.4, -0.2) is 42.7 Å². The van der Waals surface area contributed by atoms with Crippen LogP contribution in [0.3, 0.4) is 0 Å². The minimum atomic E-state index is -1.17. The van der Waals surface area contributed by atoms with Crippen molar-refractivity contribution in [2.45, 2.75) is 19.0 Å². The van der Waals surface area contributed by atoms with Crippen molar-refractivity contribution in [2.75, 3.05) is 18.5 Å². The zero-order chi connectivity index (χ0) is 25.7. The number of aryl methyl sites for hydroxylation is 1. The predicted octanol–water partition coefficient (Wildman–Crippen LogP) is 2.49. The summed E-state index contributed by atoms with van der Waals surface area (Å²) in [5.41, 5.74) is -0.739. The number of ether oxygens (including phenoxy) is 1. The molecule has 4 rings (SSSR count). The molecule has 11 nitrogen and oxygen atoms in total. The molecule has 0 saturated heterocycles. The predicted molar refractivity (Wildman–Crippen MR) is 127 cm³/mol. The molecule has 3 N–H and O–H groups in total. The van der Waals surface area contributed by atoms with Gasteiger partial charge in [-0.15, -0.1) is 0 Å². The first-order chi connectivity index (χ1) is 17.4. The van der Waals surface area contributed by atoms with Crippen LogP contribution in [0.4, 0.5) is 16.0 Å². The molecule has 0 fully saturated rings. The molecule has 2 aromatic carbocycles. The van der Waals surface area contributed by atoms with E-state index in [-0.39, 0.29) is 29.8 Å². The summed E-state index contributed by atoms with van der Waals surface area (Å²) in [7, 11) is 0. The van der Waals surface area contributed by atoms with E-state index in [4.69, 9.17) is 16.3 Å². The maximum absolute atomic E-state index is 14.6. The van der Waals surface area contributed by atoms with Gasteiger partial charge in [0.15, 0.2) is 11.6 Å². The van der Waals surface area contributed by atoms with Gasteiger partial charge < -0.3 is 24.8 Å². The Hall–Kier alpha value is -4.00. The summed E-state index contributed by atoms with van der Waals surface area (Å²) in [6.07, 6.45) is 1.64. The minimum absolute atomic E-state index is 0.0678. The summed E-state index contributed by atoms with van der Waals surface area (Å²) in [4.78, 5) is 29.8. The largest absolute Gasteiger partial charge is 0.433 e. The zero-order valence-electron chi connectivity index (χ0n) is 18.7. The maximum atomic E-state index is 14.6. The van der Waals surface area contributed by atoms with Crippen molar-refractivity contribution in [3.8, 4) is 11.6 Å². The van der Waals surface area contributed by atoms with E-state index in [1.807, 2.05) is 0 Å². The molecule has 13 heteroatoms. The highest BCUT2D eigenvalue weighted by atomic mass is 35.5. The molecule has 2 heterocycles. The fourth-order valence-electron chi connectivity index (χ4n) is 3.39. The number of nitrogens with zero attached hydrogens (tertiary/aromatic N) is 4. The van der Waals surface area contributed by atoms with Crippen molar-refractivity contribution in [2.24, 2.45) is 0 Å². The van der Waals surface area contributed by atoms with Crippen molar-refractivity contribution >= 4 is 23.2 Å². The fraction of sp³-hybridized carbons (Fsp3) is 0.217. The van der Waals surface area contributed by atoms with Crippen molar-refractivity contribution in [3.05, 3.63) is 92.2 Å². The SMILES string of the molecule is O=c1nc(Nc2ccc(Oc3ccon3)c(F)c2)n(CCc2ccc(Cl)cc2)c(=O)n1C(CO)CO. The van der Waals surface area contributed by atoms with Gasteiger partial charge >= 0.3 is 11.4 Å². The minimum Gasteiger partial charge on any atom is -0.433 e. The van der Waals surface area contributed by atoms with Gasteiger partial charge in [-0.2, -0.15) is 4.98 Å². The zero-order valence-corrected chi connectivity index (χ0v) is 19.4. The molecule has 4 aromatic rings. The topological polar surface area (TPSA) is 145 Å². The average Bonchev–Trinajstić information content (AvgIpc) is 3.37. The number of halogens is 2. The molecule has 0 spiro atoms. The Morgan fingerprint density at radius 2 is 1.86 bits per heavy atom. The highest BCUT2D eigenvalue weighted by Crippen LogP contribution is 2.26. The summed E-state index contributed by atoms with van der Waals surface area (Å²) >= 11 is 5.93. The van der Waals surface area contributed by atoms with Gasteiger partial charge in [0.1, 0.15) is 6.26 Å². The molecule has 2 aromatic heterocycles. The number of hydrogen-bond donors (Lipinski definition) is 3. The monoisotopic (exact) mass is 517 g/mol. The molecule has 188 valence electrons. The molecular formula is C23H21ClFN5O6. The van der Waals surface area contributed by atoms with Crippen LogP contribution in [0, 0.1) is 5.82 Å². The van der Waals surface area contributed by atoms with Crippen LogP contribution in [0.2, 0.25) is 5.02 Å². The van der Waals surface area contributed by atoms with Crippen LogP contribution in [0.1, 0.15) is 11.6 Å². The molecule has 0 saturated carbocycles. The third kappa shape index (κ3) is 5.62. The van der Waals surface area contributed by atoms with Crippen molar-refractivity contribution in [3.63, 3.8) is 0 Å². The van der Waals surface area contributed by atoms with E-state index in [0.717, 1.165) is 11.6 Å². The Morgan fingerprint density at radius 3 is 2.50 bits per heavy atom. The smallest absolute Gasteiger partial charge is 0.355 e. The normalized spacial score (nSPS) is 11.1. The summed E-state index contributed by atoms with van der Waals surface area (Å²) < 4.78 is 26.4. The second kappa shape index (κ2) is 11.2. The Labute approximate surface area is 208 Å². The van der Waals surface area contributed by atoms with Crippen LogP contribution >= 0.6 is 11.6 Å². The van der Waals surface area contributed by atoms with E-state index in [0.29, 0.717) is 16.0 Å². The molecular weight excluding hydrogens is 497 g/mol. The quantitative estimate of drug-likeness (QED) is 0.289. The number of rotatable bonds is 10. The second-order valence-corrected chi connectivity index (χ2v) is 8.06. The number of nitrogens with one attached hydrogen (secondary N) is 1. The van der Waals surface area contributed by atoms with E-state index in [1.165, 1.54) is 29.0 Å². The molecule has 0 radical (unpaired) electrons. The number of aliphatic hydroxyl groups excluding tert-OH is 2. The average molecular weight is 518 g/mol. The lowest BCUT2D eigenvalue weighted by Crippen LogP contribution is -2.46. The highest BCUT2D eigenvalue weighted by molar-refractivity contribution is 6.30. The van der Waals surface area contributed by atoms with Crippen LogP contribution < -0.4 is 21.4 Å². The van der Waals surface area contributed by atoms with E-state index >= 15 is 0 Å². The summed E-state index contributed by atoms with van der Waals surface area (Å²) in [5.74, 6) is -0.939. The Bertz CT molecular complexity index is 1440. The van der Waals surface area contributed by atoms with Crippen LogP contribution in [0.5, 0.6) is 11.6 Å². The van der Waals surface area contributed by atoms with Crippen molar-refractivity contribution < 1.29 is 23.9 Å². The van der Waals surface area contributed by atoms with Gasteiger partial charge in [0.25, 0.3) is 5.88 Å². The first-order valence-electron chi connectivity index (χ1n) is 10.7. The number of hydrogen-bond acceptors (Lipinski definition) is 9. The first kappa shape index (κ1) is 25.1. The van der Waals surface area contributed by atoms with Gasteiger partial charge in [-0.3, -0.25) is 4.57 Å². The molecule has 36 heavy (non-hydrogen) atoms. The van der Waals surface area contributed by atoms with E-state index < -0.39 is 36.5 Å². The van der Waals surface area contributed by atoms with Crippen LogP contribution in [0.15, 0.2) is 68.9 Å². The van der Waals surface area contributed by atoms with Crippen molar-refractivity contribution in [1.82, 2.24) is 19.3 Å². The molecule has 0 aliphatic carbocycles. The second-order valence-electron chi connectivity index (χ2n) is 7.63. The number of aromatic nitrogens is 4. The van der Waals surface area contributed by atoms with E-state index in [2.05, 4.69) is 20.0 Å². The summed E-state index contributed by atoms with van der Waals surface area (Å²) in [6.45, 7) is -1.21. The number of aliphatic hydroxyl groups is 2. The third-order valence-electron chi connectivity index (χ3n) is 5.24. The lowest BCUT2D eigenvalue weighted by molar-refractivity contribution is 0.146. The molecule has 0 aliphatic rings. The lowest BCUT2D eigenvalue weighted by atomic mass is 10.1. The van der Waals surface area contributed by atoms with Gasteiger partial charge in [0, 0.05) is 29.4 Å². The fourth-order valence-corrected chi connectivity index (χ4v) is 3.51. The molecule has 0 atom stereocenters. The standard InChI is InChI=1S/C23H21ClFN5O6/c24-15-3-1-14(2-4-15)7-9-29-21(27-22(33)30(23(29)34)17(12-31)13-32)26-16-5-6-19(18(25)11-16)36-20-8-10-35-28-20/h1-6,8,10-11,17,31-32H,7,9,12-13H2,(H,26,27,33). The first-order valence-corrected chi connectivity index (χ1v) is 11.1. The van der Waals surface area contributed by atoms with Gasteiger partial charge in [-0.1, -0.05) is 23.7 Å². The highest BCUT2D eigenvalue weighted by Gasteiger charge is 2.20. The van der Waals surface area contributed by atoms with Crippen LogP contribution in [-0.2, 0) is 13.0 Å². The Balaban J connectivity index is 1.67. The summed E-state index contributed by atoms with van der Waals surface area (Å²) in [5, 5.41) is 25.9. The Morgan fingerprint density at radius 1 is 1.11 bits per heavy atom. The molecule has 0 aliphatic heterocycles. The molecule has 0 unspecified atom stereocenters. The van der Waals surface area contributed by atoms with E-state index in [9.17, 15) is 24.2 Å². The van der Waals surface area contributed by atoms with Gasteiger partial charge in [-0.05, 0) is 41.4 Å². The summed E-state index contributed by atoms with van der Waals surface area (Å²) in [6, 6.07) is 11.1.